The van der Waals surface area contributed by atoms with E-state index in [1.54, 1.807) is 24.1 Å². The van der Waals surface area contributed by atoms with Crippen LogP contribution in [0, 0.1) is 5.82 Å². The van der Waals surface area contributed by atoms with Crippen LogP contribution in [-0.2, 0) is 9.59 Å². The molecule has 0 aliphatic carbocycles. The normalized spacial score (nSPS) is 14.0. The third kappa shape index (κ3) is 3.75. The lowest BCUT2D eigenvalue weighted by Gasteiger charge is -2.21. The number of benzene rings is 3. The SMILES string of the molecule is CC(C)c1ccc(N2C(=O)C(c3ccc(F)cc3)=C(N(C)c3ccccc3)C2=O)cc1. The highest BCUT2D eigenvalue weighted by atomic mass is 19.1. The Balaban J connectivity index is 1.83. The summed E-state index contributed by atoms with van der Waals surface area (Å²) < 4.78 is 13.5. The molecule has 0 unspecified atom stereocenters. The molecule has 0 N–H and O–H groups in total. The van der Waals surface area contributed by atoms with Crippen molar-refractivity contribution >= 4 is 28.8 Å². The minimum absolute atomic E-state index is 0.254. The zero-order valence-electron chi connectivity index (χ0n) is 17.7. The maximum atomic E-state index is 13.5. The smallest absolute Gasteiger partial charge is 0.282 e. The molecule has 0 bridgehead atoms. The van der Waals surface area contributed by atoms with Gasteiger partial charge < -0.3 is 4.90 Å². The molecule has 0 saturated heterocycles. The van der Waals surface area contributed by atoms with E-state index in [1.165, 1.54) is 29.2 Å². The van der Waals surface area contributed by atoms with E-state index >= 15 is 0 Å². The molecule has 5 heteroatoms. The molecule has 3 aromatic rings. The van der Waals surface area contributed by atoms with Crippen LogP contribution in [0.2, 0.25) is 0 Å². The summed E-state index contributed by atoms with van der Waals surface area (Å²) in [6, 6.07) is 22.4. The topological polar surface area (TPSA) is 40.6 Å². The first-order valence-electron chi connectivity index (χ1n) is 10.2. The quantitative estimate of drug-likeness (QED) is 0.527. The highest BCUT2D eigenvalue weighted by Gasteiger charge is 2.42. The van der Waals surface area contributed by atoms with Crippen LogP contribution >= 0.6 is 0 Å². The van der Waals surface area contributed by atoms with Crippen molar-refractivity contribution in [1.29, 1.82) is 0 Å². The fourth-order valence-corrected chi connectivity index (χ4v) is 3.73. The van der Waals surface area contributed by atoms with Crippen molar-refractivity contribution in [2.45, 2.75) is 19.8 Å². The predicted molar refractivity (Wildman–Crippen MR) is 121 cm³/mol. The molecule has 0 aromatic heterocycles. The molecule has 3 aromatic carbocycles. The number of carbonyl (C=O) groups is 2. The summed E-state index contributed by atoms with van der Waals surface area (Å²) in [5.41, 5.74) is 3.42. The van der Waals surface area contributed by atoms with Gasteiger partial charge in [-0.1, -0.05) is 56.3 Å². The average molecular weight is 414 g/mol. The van der Waals surface area contributed by atoms with Crippen LogP contribution in [0.15, 0.2) is 84.6 Å². The molecule has 0 spiro atoms. The lowest BCUT2D eigenvalue weighted by atomic mass is 10.0. The molecule has 4 nitrogen and oxygen atoms in total. The Labute approximate surface area is 181 Å². The summed E-state index contributed by atoms with van der Waals surface area (Å²) in [5.74, 6) is -0.897. The zero-order valence-corrected chi connectivity index (χ0v) is 17.7. The standard InChI is InChI=1S/C26H23FN2O2/c1-17(2)18-11-15-22(16-12-18)29-25(30)23(19-9-13-20(27)14-10-19)24(26(29)31)28(3)21-7-5-4-6-8-21/h4-17H,1-3H3. The van der Waals surface area contributed by atoms with Crippen molar-refractivity contribution < 1.29 is 14.0 Å². The van der Waals surface area contributed by atoms with Gasteiger partial charge >= 0.3 is 0 Å². The molecule has 0 saturated carbocycles. The Morgan fingerprint density at radius 3 is 2.00 bits per heavy atom. The van der Waals surface area contributed by atoms with Crippen molar-refractivity contribution in [2.75, 3.05) is 16.8 Å². The monoisotopic (exact) mass is 414 g/mol. The van der Waals surface area contributed by atoms with E-state index in [-0.39, 0.29) is 11.3 Å². The number of nitrogens with zero attached hydrogens (tertiary/aromatic N) is 2. The molecular formula is C26H23FN2O2. The maximum Gasteiger partial charge on any atom is 0.282 e. The van der Waals surface area contributed by atoms with Crippen LogP contribution in [0.25, 0.3) is 5.57 Å². The van der Waals surface area contributed by atoms with Crippen molar-refractivity contribution in [1.82, 2.24) is 0 Å². The van der Waals surface area contributed by atoms with Crippen molar-refractivity contribution in [3.63, 3.8) is 0 Å². The van der Waals surface area contributed by atoms with Crippen LogP contribution in [-0.4, -0.2) is 18.9 Å². The van der Waals surface area contributed by atoms with Gasteiger partial charge in [0.15, 0.2) is 0 Å². The van der Waals surface area contributed by atoms with Gasteiger partial charge in [0, 0.05) is 12.7 Å². The predicted octanol–water partition coefficient (Wildman–Crippen LogP) is 5.37. The lowest BCUT2D eigenvalue weighted by molar-refractivity contribution is -0.120. The minimum Gasteiger partial charge on any atom is -0.339 e. The maximum absolute atomic E-state index is 13.5. The van der Waals surface area contributed by atoms with Gasteiger partial charge in [-0.15, -0.1) is 0 Å². The first-order valence-corrected chi connectivity index (χ1v) is 10.2. The summed E-state index contributed by atoms with van der Waals surface area (Å²) in [6.07, 6.45) is 0. The van der Waals surface area contributed by atoms with Crippen LogP contribution < -0.4 is 9.80 Å². The highest BCUT2D eigenvalue weighted by molar-refractivity contribution is 6.46. The Morgan fingerprint density at radius 1 is 0.806 bits per heavy atom. The number of imide groups is 1. The molecule has 0 atom stereocenters. The number of rotatable bonds is 5. The van der Waals surface area contributed by atoms with Gasteiger partial charge in [-0.25, -0.2) is 9.29 Å². The van der Waals surface area contributed by atoms with Crippen LogP contribution in [0.5, 0.6) is 0 Å². The second-order valence-electron chi connectivity index (χ2n) is 7.82. The Hall–Kier alpha value is -3.73. The van der Waals surface area contributed by atoms with Crippen molar-refractivity contribution in [3.05, 3.63) is 102 Å². The number of halogens is 1. The van der Waals surface area contributed by atoms with E-state index in [4.69, 9.17) is 0 Å². The zero-order chi connectivity index (χ0) is 22.1. The fourth-order valence-electron chi connectivity index (χ4n) is 3.73. The first kappa shape index (κ1) is 20.5. The van der Waals surface area contributed by atoms with Crippen LogP contribution in [0.4, 0.5) is 15.8 Å². The Bertz CT molecular complexity index is 1150. The number of likely N-dealkylation sites (N-methyl/N-ethyl adjacent to an activating group) is 1. The van der Waals surface area contributed by atoms with Gasteiger partial charge in [-0.2, -0.15) is 0 Å². The summed E-state index contributed by atoms with van der Waals surface area (Å²) >= 11 is 0. The van der Waals surface area contributed by atoms with Gasteiger partial charge in [0.1, 0.15) is 11.5 Å². The molecule has 156 valence electrons. The molecule has 1 aliphatic heterocycles. The molecule has 1 heterocycles. The van der Waals surface area contributed by atoms with E-state index in [0.29, 0.717) is 17.2 Å². The van der Waals surface area contributed by atoms with Crippen LogP contribution in [0.3, 0.4) is 0 Å². The number of anilines is 2. The van der Waals surface area contributed by atoms with E-state index in [0.717, 1.165) is 11.3 Å². The summed E-state index contributed by atoms with van der Waals surface area (Å²) in [6.45, 7) is 4.17. The largest absolute Gasteiger partial charge is 0.339 e. The number of carbonyl (C=O) groups excluding carboxylic acids is 2. The lowest BCUT2D eigenvalue weighted by Crippen LogP contribution is -2.34. The minimum atomic E-state index is -0.424. The number of hydrogen-bond acceptors (Lipinski definition) is 3. The third-order valence-electron chi connectivity index (χ3n) is 5.49. The first-order chi connectivity index (χ1) is 14.9. The number of para-hydroxylation sites is 1. The van der Waals surface area contributed by atoms with Gasteiger partial charge in [-0.05, 0) is 53.4 Å². The molecule has 0 radical (unpaired) electrons. The van der Waals surface area contributed by atoms with Crippen molar-refractivity contribution in [3.8, 4) is 0 Å². The second-order valence-corrected chi connectivity index (χ2v) is 7.82. The second kappa shape index (κ2) is 8.19. The molecule has 4 rings (SSSR count). The Morgan fingerprint density at radius 2 is 1.42 bits per heavy atom. The Kier molecular flexibility index (Phi) is 5.42. The van der Waals surface area contributed by atoms with Crippen LogP contribution in [0.1, 0.15) is 30.9 Å². The van der Waals surface area contributed by atoms with Crippen molar-refractivity contribution in [2.24, 2.45) is 0 Å². The van der Waals surface area contributed by atoms with Gasteiger partial charge in [-0.3, -0.25) is 9.59 Å². The van der Waals surface area contributed by atoms with E-state index < -0.39 is 17.6 Å². The van der Waals surface area contributed by atoms with E-state index in [1.807, 2.05) is 42.5 Å². The summed E-state index contributed by atoms with van der Waals surface area (Å²) in [4.78, 5) is 29.9. The fraction of sp³-hybridized carbons (Fsp3) is 0.154. The van der Waals surface area contributed by atoms with Gasteiger partial charge in [0.2, 0.25) is 0 Å². The summed E-state index contributed by atoms with van der Waals surface area (Å²) in [7, 11) is 1.75. The third-order valence-corrected chi connectivity index (χ3v) is 5.49. The van der Waals surface area contributed by atoms with Gasteiger partial charge in [0.05, 0.1) is 11.3 Å². The molecule has 0 fully saturated rings. The molecule has 2 amide bonds. The number of hydrogen-bond donors (Lipinski definition) is 0. The molecule has 31 heavy (non-hydrogen) atoms. The molecular weight excluding hydrogens is 391 g/mol. The number of amides is 2. The average Bonchev–Trinajstić information content (AvgIpc) is 3.04. The summed E-state index contributed by atoms with van der Waals surface area (Å²) in [5, 5.41) is 0. The van der Waals surface area contributed by atoms with Gasteiger partial charge in [0.25, 0.3) is 11.8 Å². The van der Waals surface area contributed by atoms with E-state index in [9.17, 15) is 14.0 Å². The highest BCUT2D eigenvalue weighted by Crippen LogP contribution is 2.36. The molecule has 1 aliphatic rings. The van der Waals surface area contributed by atoms with E-state index in [2.05, 4.69) is 13.8 Å².